The second-order valence-electron chi connectivity index (χ2n) is 5.29. The van der Waals surface area contributed by atoms with Crippen molar-refractivity contribution in [3.8, 4) is 17.6 Å². The molecule has 0 bridgehead atoms. The Labute approximate surface area is 139 Å². The summed E-state index contributed by atoms with van der Waals surface area (Å²) in [4.78, 5) is 0. The molecule has 0 saturated carbocycles. The fourth-order valence-electron chi connectivity index (χ4n) is 2.18. The van der Waals surface area contributed by atoms with E-state index in [1.807, 2.05) is 31.2 Å². The minimum Gasteiger partial charge on any atom is -0.457 e. The number of anilines is 1. The Hall–Kier alpha value is -3.33. The second kappa shape index (κ2) is 6.84. The van der Waals surface area contributed by atoms with Crippen molar-refractivity contribution >= 4 is 5.69 Å². The highest BCUT2D eigenvalue weighted by atomic mass is 16.5. The number of aryl methyl sites for hydroxylation is 1. The van der Waals surface area contributed by atoms with E-state index in [-0.39, 0.29) is 6.04 Å². The molecule has 3 aromatic rings. The van der Waals surface area contributed by atoms with Crippen LogP contribution in [0, 0.1) is 18.3 Å². The van der Waals surface area contributed by atoms with E-state index in [0.29, 0.717) is 28.8 Å². The van der Waals surface area contributed by atoms with Crippen LogP contribution in [-0.2, 0) is 0 Å². The molecule has 1 heterocycles. The molecular formula is C18H16N4O2. The third kappa shape index (κ3) is 3.70. The van der Waals surface area contributed by atoms with Crippen LogP contribution in [0.5, 0.6) is 11.5 Å². The predicted molar refractivity (Wildman–Crippen MR) is 88.7 cm³/mol. The Morgan fingerprint density at radius 3 is 2.58 bits per heavy atom. The number of aromatic nitrogens is 2. The zero-order chi connectivity index (χ0) is 16.9. The molecule has 3 rings (SSSR count). The molecule has 0 radical (unpaired) electrons. The van der Waals surface area contributed by atoms with E-state index in [1.165, 1.54) is 0 Å². The number of nitrogens with one attached hydrogen (secondary N) is 1. The Morgan fingerprint density at radius 1 is 1.12 bits per heavy atom. The number of nitriles is 1. The maximum atomic E-state index is 8.82. The first-order valence-corrected chi connectivity index (χ1v) is 7.48. The third-order valence-electron chi connectivity index (χ3n) is 3.35. The molecule has 1 atom stereocenters. The molecule has 24 heavy (non-hydrogen) atoms. The lowest BCUT2D eigenvalue weighted by Gasteiger charge is -2.13. The average Bonchev–Trinajstić information content (AvgIpc) is 3.02. The molecule has 0 fully saturated rings. The van der Waals surface area contributed by atoms with Crippen molar-refractivity contribution in [3.63, 3.8) is 0 Å². The van der Waals surface area contributed by atoms with Gasteiger partial charge in [-0.3, -0.25) is 0 Å². The maximum absolute atomic E-state index is 8.82. The van der Waals surface area contributed by atoms with Crippen LogP contribution in [0.4, 0.5) is 5.69 Å². The highest BCUT2D eigenvalue weighted by Gasteiger charge is 2.12. The first-order valence-electron chi connectivity index (χ1n) is 7.48. The minimum atomic E-state index is -0.114. The normalized spacial score (nSPS) is 11.5. The minimum absolute atomic E-state index is 0.114. The standard InChI is InChI=1S/C18H16N4O2/c1-12(18-22-21-13(2)23-18)20-15-4-3-5-17(10-15)24-16-8-6-14(11-19)7-9-16/h3-10,12,20H,1-2H3. The van der Waals surface area contributed by atoms with Crippen molar-refractivity contribution in [1.29, 1.82) is 5.26 Å². The van der Waals surface area contributed by atoms with E-state index in [4.69, 9.17) is 14.4 Å². The van der Waals surface area contributed by atoms with E-state index < -0.39 is 0 Å². The van der Waals surface area contributed by atoms with Gasteiger partial charge in [0.05, 0.1) is 11.6 Å². The summed E-state index contributed by atoms with van der Waals surface area (Å²) in [6, 6.07) is 16.5. The van der Waals surface area contributed by atoms with E-state index in [1.54, 1.807) is 31.2 Å². The molecule has 6 nitrogen and oxygen atoms in total. The van der Waals surface area contributed by atoms with E-state index in [0.717, 1.165) is 5.69 Å². The first kappa shape index (κ1) is 15.6. The summed E-state index contributed by atoms with van der Waals surface area (Å²) in [6.07, 6.45) is 0. The summed E-state index contributed by atoms with van der Waals surface area (Å²) in [7, 11) is 0. The predicted octanol–water partition coefficient (Wildman–Crippen LogP) is 4.22. The average molecular weight is 320 g/mol. The molecule has 0 aliphatic rings. The summed E-state index contributed by atoms with van der Waals surface area (Å²) in [5.74, 6) is 2.44. The van der Waals surface area contributed by atoms with Gasteiger partial charge >= 0.3 is 0 Å². The second-order valence-corrected chi connectivity index (χ2v) is 5.29. The monoisotopic (exact) mass is 320 g/mol. The van der Waals surface area contributed by atoms with Crippen LogP contribution in [0.3, 0.4) is 0 Å². The van der Waals surface area contributed by atoms with Gasteiger partial charge in [-0.2, -0.15) is 5.26 Å². The molecule has 0 spiro atoms. The van der Waals surface area contributed by atoms with E-state index in [9.17, 15) is 0 Å². The van der Waals surface area contributed by atoms with Gasteiger partial charge in [-0.05, 0) is 43.3 Å². The van der Waals surface area contributed by atoms with E-state index >= 15 is 0 Å². The summed E-state index contributed by atoms with van der Waals surface area (Å²) in [6.45, 7) is 3.70. The van der Waals surface area contributed by atoms with Gasteiger partial charge in [-0.25, -0.2) is 0 Å². The fourth-order valence-corrected chi connectivity index (χ4v) is 2.18. The van der Waals surface area contributed by atoms with Crippen LogP contribution >= 0.6 is 0 Å². The number of hydrogen-bond donors (Lipinski definition) is 1. The largest absolute Gasteiger partial charge is 0.457 e. The first-order chi connectivity index (χ1) is 11.6. The molecule has 6 heteroatoms. The number of benzene rings is 2. The smallest absolute Gasteiger partial charge is 0.238 e. The Kier molecular flexibility index (Phi) is 4.43. The zero-order valence-electron chi connectivity index (χ0n) is 13.4. The van der Waals surface area contributed by atoms with E-state index in [2.05, 4.69) is 21.6 Å². The summed E-state index contributed by atoms with van der Waals surface area (Å²) in [5, 5.41) is 20.0. The van der Waals surface area contributed by atoms with Crippen LogP contribution in [0.2, 0.25) is 0 Å². The van der Waals surface area contributed by atoms with Gasteiger partial charge in [0.1, 0.15) is 17.5 Å². The lowest BCUT2D eigenvalue weighted by molar-refractivity contribution is 0.450. The molecule has 0 aliphatic heterocycles. The quantitative estimate of drug-likeness (QED) is 0.758. The van der Waals surface area contributed by atoms with Gasteiger partial charge in [-0.1, -0.05) is 6.07 Å². The van der Waals surface area contributed by atoms with Gasteiger partial charge in [0, 0.05) is 18.7 Å². The zero-order valence-corrected chi connectivity index (χ0v) is 13.4. The van der Waals surface area contributed by atoms with Crippen LogP contribution in [0.1, 0.15) is 30.3 Å². The Bertz CT molecular complexity index is 865. The van der Waals surface area contributed by atoms with Crippen LogP contribution in [-0.4, -0.2) is 10.2 Å². The van der Waals surface area contributed by atoms with Crippen molar-refractivity contribution in [2.75, 3.05) is 5.32 Å². The lowest BCUT2D eigenvalue weighted by atomic mass is 10.2. The van der Waals surface area contributed by atoms with Gasteiger partial charge < -0.3 is 14.5 Å². The maximum Gasteiger partial charge on any atom is 0.238 e. The lowest BCUT2D eigenvalue weighted by Crippen LogP contribution is -2.07. The van der Waals surface area contributed by atoms with Crippen LogP contribution < -0.4 is 10.1 Å². The SMILES string of the molecule is Cc1nnc(C(C)Nc2cccc(Oc3ccc(C#N)cc3)c2)o1. The molecule has 1 unspecified atom stereocenters. The molecule has 0 saturated heterocycles. The van der Waals surface area contributed by atoms with Crippen molar-refractivity contribution in [2.24, 2.45) is 0 Å². The van der Waals surface area contributed by atoms with Gasteiger partial charge in [0.15, 0.2) is 0 Å². The van der Waals surface area contributed by atoms with Crippen LogP contribution in [0.25, 0.3) is 0 Å². The summed E-state index contributed by atoms with van der Waals surface area (Å²) < 4.78 is 11.2. The summed E-state index contributed by atoms with van der Waals surface area (Å²) in [5.41, 5.74) is 1.48. The van der Waals surface area contributed by atoms with Gasteiger partial charge in [-0.15, -0.1) is 10.2 Å². The third-order valence-corrected chi connectivity index (χ3v) is 3.35. The molecule has 120 valence electrons. The fraction of sp³-hybridized carbons (Fsp3) is 0.167. The number of ether oxygens (including phenoxy) is 1. The molecule has 2 aromatic carbocycles. The summed E-state index contributed by atoms with van der Waals surface area (Å²) >= 11 is 0. The molecular weight excluding hydrogens is 304 g/mol. The topological polar surface area (TPSA) is 84.0 Å². The van der Waals surface area contributed by atoms with Gasteiger partial charge in [0.2, 0.25) is 11.8 Å². The molecule has 1 N–H and O–H groups in total. The van der Waals surface area contributed by atoms with Crippen molar-refractivity contribution < 1.29 is 9.15 Å². The van der Waals surface area contributed by atoms with Gasteiger partial charge in [0.25, 0.3) is 0 Å². The molecule has 0 aliphatic carbocycles. The van der Waals surface area contributed by atoms with Crippen molar-refractivity contribution in [1.82, 2.24) is 10.2 Å². The number of nitrogens with zero attached hydrogens (tertiary/aromatic N) is 3. The Morgan fingerprint density at radius 2 is 1.92 bits per heavy atom. The van der Waals surface area contributed by atoms with Crippen molar-refractivity contribution in [3.05, 3.63) is 65.9 Å². The molecule has 0 amide bonds. The molecule has 1 aromatic heterocycles. The highest BCUT2D eigenvalue weighted by Crippen LogP contribution is 2.26. The van der Waals surface area contributed by atoms with Crippen LogP contribution in [0.15, 0.2) is 52.9 Å². The number of hydrogen-bond acceptors (Lipinski definition) is 6. The Balaban J connectivity index is 1.70. The highest BCUT2D eigenvalue weighted by molar-refractivity contribution is 5.50. The number of rotatable bonds is 5. The van der Waals surface area contributed by atoms with Crippen molar-refractivity contribution in [2.45, 2.75) is 19.9 Å².